The van der Waals surface area contributed by atoms with Gasteiger partial charge in [0.25, 0.3) is 0 Å². The van der Waals surface area contributed by atoms with Gasteiger partial charge < -0.3 is 9.67 Å². The van der Waals surface area contributed by atoms with E-state index in [9.17, 15) is 23.1 Å². The summed E-state index contributed by atoms with van der Waals surface area (Å²) in [6.07, 6.45) is 4.17. The van der Waals surface area contributed by atoms with Crippen molar-refractivity contribution in [2.24, 2.45) is 5.92 Å². The molecule has 2 aromatic heterocycles. The number of carbonyl (C=O) groups is 1. The smallest absolute Gasteiger partial charge is 0.389 e. The second kappa shape index (κ2) is 9.27. The highest BCUT2D eigenvalue weighted by Crippen LogP contribution is 2.37. The fourth-order valence-electron chi connectivity index (χ4n) is 4.54. The van der Waals surface area contributed by atoms with Crippen molar-refractivity contribution in [3.8, 4) is 0 Å². The van der Waals surface area contributed by atoms with Gasteiger partial charge in [0.1, 0.15) is 22.8 Å². The Kier molecular flexibility index (Phi) is 7.08. The van der Waals surface area contributed by atoms with Crippen LogP contribution in [0.1, 0.15) is 89.2 Å². The van der Waals surface area contributed by atoms with Crippen LogP contribution < -0.4 is 0 Å². The molecule has 4 rings (SSSR count). The number of nitrogens with zero attached hydrogens (tertiary/aromatic N) is 3. The molecule has 2 fully saturated rings. The summed E-state index contributed by atoms with van der Waals surface area (Å²) in [4.78, 5) is 19.2. The predicted molar refractivity (Wildman–Crippen MR) is 113 cm³/mol. The summed E-state index contributed by atoms with van der Waals surface area (Å²) in [6, 6.07) is 2.64. The maximum absolute atomic E-state index is 12.7. The van der Waals surface area contributed by atoms with E-state index in [-0.39, 0.29) is 11.8 Å². The van der Waals surface area contributed by atoms with Gasteiger partial charge in [0.15, 0.2) is 5.65 Å². The number of rotatable bonds is 5. The van der Waals surface area contributed by atoms with Gasteiger partial charge in [-0.05, 0) is 64.0 Å². The lowest BCUT2D eigenvalue weighted by molar-refractivity contribution is -0.141. The number of ketones is 1. The number of pyridine rings is 1. The topological polar surface area (TPSA) is 68.0 Å². The molecule has 5 nitrogen and oxygen atoms in total. The van der Waals surface area contributed by atoms with E-state index < -0.39 is 17.5 Å². The zero-order chi connectivity index (χ0) is 22.8. The molecule has 0 amide bonds. The van der Waals surface area contributed by atoms with Crippen LogP contribution in [0.5, 0.6) is 0 Å². The third-order valence-corrected chi connectivity index (χ3v) is 6.63. The summed E-state index contributed by atoms with van der Waals surface area (Å²) in [5.41, 5.74) is -0.709. The van der Waals surface area contributed by atoms with Crippen LogP contribution in [0.25, 0.3) is 11.2 Å². The molecule has 172 valence electrons. The molecule has 2 saturated carbocycles. The Hall–Kier alpha value is -1.96. The lowest BCUT2D eigenvalue weighted by Crippen LogP contribution is -2.35. The number of Topliss-reactive ketones (excluding diaryl/α,β-unsaturated/α-hetero) is 1. The molecule has 2 aliphatic carbocycles. The molecule has 2 aliphatic rings. The van der Waals surface area contributed by atoms with Crippen LogP contribution in [-0.2, 0) is 11.0 Å². The van der Waals surface area contributed by atoms with Crippen LogP contribution >= 0.6 is 0 Å². The van der Waals surface area contributed by atoms with Gasteiger partial charge in [-0.25, -0.2) is 9.97 Å². The second-order valence-corrected chi connectivity index (χ2v) is 9.06. The number of hydrogen-bond donors (Lipinski definition) is 1. The standard InChI is InChI=1S/C12H12F3N3.C11H20O2/c1-7-16-9-5-6-10(12(13,14)15)17-11(9)18(7)8-3-2-4-8;1-3-10(12)8-11(2,13)9-6-4-5-7-9/h5-6,8H,2-4H2,1H3;9,13H,3-8H2,1-2H3. The average molecular weight is 440 g/mol. The van der Waals surface area contributed by atoms with E-state index in [0.717, 1.165) is 44.0 Å². The van der Waals surface area contributed by atoms with Gasteiger partial charge in [-0.3, -0.25) is 4.79 Å². The van der Waals surface area contributed by atoms with Crippen LogP contribution in [0.4, 0.5) is 13.2 Å². The first-order valence-electron chi connectivity index (χ1n) is 11.2. The van der Waals surface area contributed by atoms with E-state index in [2.05, 4.69) is 9.97 Å². The fourth-order valence-corrected chi connectivity index (χ4v) is 4.54. The third-order valence-electron chi connectivity index (χ3n) is 6.63. The molecule has 0 bridgehead atoms. The quantitative estimate of drug-likeness (QED) is 0.641. The molecule has 2 aromatic rings. The minimum Gasteiger partial charge on any atom is -0.389 e. The molecule has 0 aliphatic heterocycles. The van der Waals surface area contributed by atoms with Gasteiger partial charge in [0.2, 0.25) is 0 Å². The SMILES string of the molecule is CCC(=O)CC(C)(O)C1CCCC1.Cc1nc2ccc(C(F)(F)F)nc2n1C1CCC1. The molecule has 0 spiro atoms. The summed E-state index contributed by atoms with van der Waals surface area (Å²) in [7, 11) is 0. The number of halogens is 3. The highest BCUT2D eigenvalue weighted by molar-refractivity contribution is 5.79. The monoisotopic (exact) mass is 439 g/mol. The number of fused-ring (bicyclic) bond motifs is 1. The first-order valence-corrected chi connectivity index (χ1v) is 11.2. The van der Waals surface area contributed by atoms with Crippen molar-refractivity contribution in [2.75, 3.05) is 0 Å². The molecule has 0 saturated heterocycles. The van der Waals surface area contributed by atoms with E-state index in [1.54, 1.807) is 0 Å². The lowest BCUT2D eigenvalue weighted by Gasteiger charge is -2.29. The number of aryl methyl sites for hydroxylation is 1. The number of carbonyl (C=O) groups excluding carboxylic acids is 1. The summed E-state index contributed by atoms with van der Waals surface area (Å²) < 4.78 is 39.8. The molecule has 31 heavy (non-hydrogen) atoms. The van der Waals surface area contributed by atoms with Gasteiger partial charge >= 0.3 is 6.18 Å². The van der Waals surface area contributed by atoms with E-state index in [0.29, 0.717) is 29.9 Å². The highest BCUT2D eigenvalue weighted by atomic mass is 19.4. The Bertz CT molecular complexity index is 911. The third kappa shape index (κ3) is 5.45. The molecule has 2 heterocycles. The summed E-state index contributed by atoms with van der Waals surface area (Å²) in [5, 5.41) is 10.1. The first kappa shape index (κ1) is 23.7. The van der Waals surface area contributed by atoms with Crippen molar-refractivity contribution >= 4 is 16.9 Å². The highest BCUT2D eigenvalue weighted by Gasteiger charge is 2.35. The Morgan fingerprint density at radius 1 is 1.13 bits per heavy atom. The summed E-state index contributed by atoms with van der Waals surface area (Å²) >= 11 is 0. The molecule has 1 unspecified atom stereocenters. The van der Waals surface area contributed by atoms with Crippen molar-refractivity contribution in [1.82, 2.24) is 14.5 Å². The molecule has 0 aromatic carbocycles. The zero-order valence-corrected chi connectivity index (χ0v) is 18.5. The largest absolute Gasteiger partial charge is 0.433 e. The number of imidazole rings is 1. The molecular formula is C23H32F3N3O2. The first-order chi connectivity index (χ1) is 14.5. The Labute approximate surface area is 181 Å². The maximum atomic E-state index is 12.7. The molecule has 0 radical (unpaired) electrons. The van der Waals surface area contributed by atoms with Crippen molar-refractivity contribution in [3.05, 3.63) is 23.7 Å². The second-order valence-electron chi connectivity index (χ2n) is 9.06. The summed E-state index contributed by atoms with van der Waals surface area (Å²) in [5.74, 6) is 1.27. The van der Waals surface area contributed by atoms with Crippen LogP contribution in [0.15, 0.2) is 12.1 Å². The van der Waals surface area contributed by atoms with Gasteiger partial charge in [-0.2, -0.15) is 13.2 Å². The van der Waals surface area contributed by atoms with Crippen molar-refractivity contribution in [3.63, 3.8) is 0 Å². The molecular weight excluding hydrogens is 407 g/mol. The van der Waals surface area contributed by atoms with Gasteiger partial charge in [0, 0.05) is 18.9 Å². The van der Waals surface area contributed by atoms with Crippen LogP contribution in [-0.4, -0.2) is 31.0 Å². The maximum Gasteiger partial charge on any atom is 0.433 e. The lowest BCUT2D eigenvalue weighted by atomic mass is 9.83. The number of hydrogen-bond acceptors (Lipinski definition) is 4. The predicted octanol–water partition coefficient (Wildman–Crippen LogP) is 5.78. The minimum atomic E-state index is -4.41. The van der Waals surface area contributed by atoms with Gasteiger partial charge in [0.05, 0.1) is 5.60 Å². The van der Waals surface area contributed by atoms with E-state index in [1.165, 1.54) is 18.9 Å². The Morgan fingerprint density at radius 3 is 2.29 bits per heavy atom. The minimum absolute atomic E-state index is 0.178. The summed E-state index contributed by atoms with van der Waals surface area (Å²) in [6.45, 7) is 5.48. The van der Waals surface area contributed by atoms with Crippen LogP contribution in [0, 0.1) is 12.8 Å². The van der Waals surface area contributed by atoms with Gasteiger partial charge in [-0.15, -0.1) is 0 Å². The normalized spacial score (nSPS) is 19.6. The number of aromatic nitrogens is 3. The molecule has 1 atom stereocenters. The zero-order valence-electron chi connectivity index (χ0n) is 18.5. The van der Waals surface area contributed by atoms with E-state index in [1.807, 2.05) is 25.3 Å². The van der Waals surface area contributed by atoms with Crippen molar-refractivity contribution in [1.29, 1.82) is 0 Å². The van der Waals surface area contributed by atoms with Gasteiger partial charge in [-0.1, -0.05) is 19.8 Å². The Morgan fingerprint density at radius 2 is 1.77 bits per heavy atom. The fraction of sp³-hybridized carbons (Fsp3) is 0.696. The number of alkyl halides is 3. The van der Waals surface area contributed by atoms with E-state index >= 15 is 0 Å². The van der Waals surface area contributed by atoms with Crippen LogP contribution in [0.3, 0.4) is 0 Å². The average Bonchev–Trinajstić information content (AvgIpc) is 3.29. The molecule has 1 N–H and O–H groups in total. The van der Waals surface area contributed by atoms with Crippen molar-refractivity contribution < 1.29 is 23.1 Å². The number of aliphatic hydroxyl groups is 1. The Balaban J connectivity index is 0.000000187. The van der Waals surface area contributed by atoms with Crippen molar-refractivity contribution in [2.45, 2.75) is 96.4 Å². The van der Waals surface area contributed by atoms with E-state index in [4.69, 9.17) is 0 Å². The van der Waals surface area contributed by atoms with Crippen LogP contribution in [0.2, 0.25) is 0 Å². The molecule has 8 heteroatoms.